The van der Waals surface area contributed by atoms with Gasteiger partial charge < -0.3 is 10.1 Å². The Morgan fingerprint density at radius 2 is 2.23 bits per heavy atom. The Morgan fingerprint density at radius 1 is 1.62 bits per heavy atom. The van der Waals surface area contributed by atoms with Gasteiger partial charge in [-0.15, -0.1) is 0 Å². The molecule has 0 aromatic carbocycles. The van der Waals surface area contributed by atoms with Crippen molar-refractivity contribution >= 4 is 5.97 Å². The van der Waals surface area contributed by atoms with Gasteiger partial charge in [0.1, 0.15) is 0 Å². The summed E-state index contributed by atoms with van der Waals surface area (Å²) in [5, 5.41) is 8.75. The van der Waals surface area contributed by atoms with Crippen LogP contribution in [-0.4, -0.2) is 16.1 Å². The van der Waals surface area contributed by atoms with Crippen LogP contribution in [0.15, 0.2) is 6.20 Å². The number of nitrogens with one attached hydrogen (secondary N) is 1. The number of aromatic nitrogens is 1. The third kappa shape index (κ3) is 2.11. The zero-order chi connectivity index (χ0) is 10.0. The van der Waals surface area contributed by atoms with Crippen LogP contribution in [0.5, 0.6) is 0 Å². The molecule has 1 unspecified atom stereocenters. The minimum absolute atomic E-state index is 0.312. The minimum Gasteiger partial charge on any atom is -0.481 e. The summed E-state index contributed by atoms with van der Waals surface area (Å²) < 4.78 is 0. The van der Waals surface area contributed by atoms with Crippen molar-refractivity contribution in [3.05, 3.63) is 23.0 Å². The van der Waals surface area contributed by atoms with E-state index in [9.17, 15) is 4.79 Å². The van der Waals surface area contributed by atoms with Crippen LogP contribution in [0, 0.1) is 19.8 Å². The number of aryl methyl sites for hydroxylation is 2. The average molecular weight is 181 g/mol. The first-order valence-electron chi connectivity index (χ1n) is 4.38. The Kier molecular flexibility index (Phi) is 2.76. The number of hydrogen-bond acceptors (Lipinski definition) is 1. The maximum atomic E-state index is 10.6. The Labute approximate surface area is 77.8 Å². The second-order valence-electron chi connectivity index (χ2n) is 3.52. The lowest BCUT2D eigenvalue weighted by Gasteiger charge is -2.06. The summed E-state index contributed by atoms with van der Waals surface area (Å²) in [5.41, 5.74) is 3.35. The summed E-state index contributed by atoms with van der Waals surface area (Å²) >= 11 is 0. The van der Waals surface area contributed by atoms with E-state index in [-0.39, 0.29) is 5.92 Å². The molecule has 13 heavy (non-hydrogen) atoms. The molecule has 72 valence electrons. The van der Waals surface area contributed by atoms with Gasteiger partial charge >= 0.3 is 5.97 Å². The van der Waals surface area contributed by atoms with Crippen molar-refractivity contribution < 1.29 is 9.90 Å². The molecule has 0 aliphatic heterocycles. The van der Waals surface area contributed by atoms with E-state index in [1.165, 1.54) is 0 Å². The molecule has 1 aromatic rings. The molecule has 3 heteroatoms. The van der Waals surface area contributed by atoms with Gasteiger partial charge in [-0.2, -0.15) is 0 Å². The van der Waals surface area contributed by atoms with Gasteiger partial charge in [0.25, 0.3) is 0 Å². The van der Waals surface area contributed by atoms with Crippen molar-refractivity contribution in [3.8, 4) is 0 Å². The summed E-state index contributed by atoms with van der Waals surface area (Å²) in [6.07, 6.45) is 2.52. The molecule has 1 aromatic heterocycles. The quantitative estimate of drug-likeness (QED) is 0.748. The summed E-state index contributed by atoms with van der Waals surface area (Å²) in [6, 6.07) is 0. The van der Waals surface area contributed by atoms with E-state index in [1.807, 2.05) is 20.0 Å². The van der Waals surface area contributed by atoms with E-state index in [4.69, 9.17) is 5.11 Å². The van der Waals surface area contributed by atoms with Crippen molar-refractivity contribution in [2.24, 2.45) is 5.92 Å². The van der Waals surface area contributed by atoms with Crippen molar-refractivity contribution in [2.75, 3.05) is 0 Å². The highest BCUT2D eigenvalue weighted by Gasteiger charge is 2.14. The highest BCUT2D eigenvalue weighted by molar-refractivity contribution is 5.70. The Morgan fingerprint density at radius 3 is 2.62 bits per heavy atom. The molecule has 0 saturated heterocycles. The summed E-state index contributed by atoms with van der Waals surface area (Å²) in [7, 11) is 0. The van der Waals surface area contributed by atoms with E-state index >= 15 is 0 Å². The number of aromatic amines is 1. The van der Waals surface area contributed by atoms with E-state index in [0.717, 1.165) is 16.8 Å². The van der Waals surface area contributed by atoms with Crippen LogP contribution in [0.1, 0.15) is 23.7 Å². The smallest absolute Gasteiger partial charge is 0.306 e. The molecular formula is C10H15NO2. The van der Waals surface area contributed by atoms with Gasteiger partial charge in [-0.25, -0.2) is 0 Å². The normalized spacial score (nSPS) is 12.8. The van der Waals surface area contributed by atoms with Gasteiger partial charge in [0.2, 0.25) is 0 Å². The zero-order valence-corrected chi connectivity index (χ0v) is 8.22. The SMILES string of the molecule is Cc1c[nH]c(C)c1CC(C)C(=O)O. The molecule has 2 N–H and O–H groups in total. The van der Waals surface area contributed by atoms with Crippen LogP contribution in [0.2, 0.25) is 0 Å². The van der Waals surface area contributed by atoms with Crippen LogP contribution < -0.4 is 0 Å². The number of carbonyl (C=O) groups is 1. The molecular weight excluding hydrogens is 166 g/mol. The lowest BCUT2D eigenvalue weighted by Crippen LogP contribution is -2.12. The fourth-order valence-electron chi connectivity index (χ4n) is 1.39. The predicted molar refractivity (Wildman–Crippen MR) is 50.8 cm³/mol. The van der Waals surface area contributed by atoms with Crippen LogP contribution in [0.4, 0.5) is 0 Å². The first-order chi connectivity index (χ1) is 6.02. The second kappa shape index (κ2) is 3.64. The molecule has 3 nitrogen and oxygen atoms in total. The van der Waals surface area contributed by atoms with E-state index in [0.29, 0.717) is 6.42 Å². The standard InChI is InChI=1S/C10H15NO2/c1-6(10(12)13)4-9-7(2)5-11-8(9)3/h5-6,11H,4H2,1-3H3,(H,12,13). The van der Waals surface area contributed by atoms with Crippen molar-refractivity contribution in [1.82, 2.24) is 4.98 Å². The molecule has 1 atom stereocenters. The number of carboxylic acid groups (broad SMARTS) is 1. The average Bonchev–Trinajstić information content (AvgIpc) is 2.35. The number of H-pyrrole nitrogens is 1. The van der Waals surface area contributed by atoms with Crippen molar-refractivity contribution in [3.63, 3.8) is 0 Å². The fraction of sp³-hybridized carbons (Fsp3) is 0.500. The van der Waals surface area contributed by atoms with Crippen molar-refractivity contribution in [1.29, 1.82) is 0 Å². The molecule has 1 heterocycles. The minimum atomic E-state index is -0.736. The third-order valence-corrected chi connectivity index (χ3v) is 2.37. The van der Waals surface area contributed by atoms with Gasteiger partial charge in [-0.05, 0) is 31.4 Å². The Balaban J connectivity index is 2.79. The van der Waals surface area contributed by atoms with Gasteiger partial charge in [0, 0.05) is 11.9 Å². The summed E-state index contributed by atoms with van der Waals surface area (Å²) in [6.45, 7) is 5.69. The molecule has 0 spiro atoms. The molecule has 0 saturated carbocycles. The predicted octanol–water partition coefficient (Wildman–Crippen LogP) is 1.89. The number of rotatable bonds is 3. The highest BCUT2D eigenvalue weighted by atomic mass is 16.4. The topological polar surface area (TPSA) is 53.1 Å². The van der Waals surface area contributed by atoms with Crippen LogP contribution in [0.25, 0.3) is 0 Å². The maximum Gasteiger partial charge on any atom is 0.306 e. The number of aliphatic carboxylic acids is 1. The lowest BCUT2D eigenvalue weighted by atomic mass is 9.99. The number of carboxylic acids is 1. The van der Waals surface area contributed by atoms with E-state index in [2.05, 4.69) is 4.98 Å². The van der Waals surface area contributed by atoms with Gasteiger partial charge in [-0.1, -0.05) is 6.92 Å². The molecule has 0 radical (unpaired) electrons. The fourth-order valence-corrected chi connectivity index (χ4v) is 1.39. The van der Waals surface area contributed by atoms with Crippen LogP contribution >= 0.6 is 0 Å². The molecule has 0 fully saturated rings. The van der Waals surface area contributed by atoms with Gasteiger partial charge in [-0.3, -0.25) is 4.79 Å². The zero-order valence-electron chi connectivity index (χ0n) is 8.22. The summed E-state index contributed by atoms with van der Waals surface area (Å²) in [5.74, 6) is -1.05. The molecule has 0 aliphatic carbocycles. The lowest BCUT2D eigenvalue weighted by molar-refractivity contribution is -0.141. The van der Waals surface area contributed by atoms with E-state index < -0.39 is 5.97 Å². The molecule has 1 rings (SSSR count). The first kappa shape index (κ1) is 9.84. The first-order valence-corrected chi connectivity index (χ1v) is 4.38. The third-order valence-electron chi connectivity index (χ3n) is 2.37. The molecule has 0 bridgehead atoms. The number of hydrogen-bond donors (Lipinski definition) is 2. The highest BCUT2D eigenvalue weighted by Crippen LogP contribution is 2.16. The Hall–Kier alpha value is -1.25. The van der Waals surface area contributed by atoms with Gasteiger partial charge in [0.05, 0.1) is 5.92 Å². The van der Waals surface area contributed by atoms with Crippen LogP contribution in [-0.2, 0) is 11.2 Å². The van der Waals surface area contributed by atoms with Gasteiger partial charge in [0.15, 0.2) is 0 Å². The van der Waals surface area contributed by atoms with Crippen molar-refractivity contribution in [2.45, 2.75) is 27.2 Å². The molecule has 0 aliphatic rings. The van der Waals surface area contributed by atoms with E-state index in [1.54, 1.807) is 6.92 Å². The van der Waals surface area contributed by atoms with Crippen LogP contribution in [0.3, 0.4) is 0 Å². The Bertz CT molecular complexity index is 295. The monoisotopic (exact) mass is 181 g/mol. The maximum absolute atomic E-state index is 10.6. The second-order valence-corrected chi connectivity index (χ2v) is 3.52. The largest absolute Gasteiger partial charge is 0.481 e. The summed E-state index contributed by atoms with van der Waals surface area (Å²) in [4.78, 5) is 13.7. The molecule has 0 amide bonds.